The molecule has 0 aromatic heterocycles. The van der Waals surface area contributed by atoms with Gasteiger partial charge in [-0.1, -0.05) is 41.4 Å². The fraction of sp³-hybridized carbons (Fsp3) is 0.0714. The number of hydrogen-bond acceptors (Lipinski definition) is 2. The van der Waals surface area contributed by atoms with Gasteiger partial charge in [-0.2, -0.15) is 18.3 Å². The maximum absolute atomic E-state index is 12.8. The van der Waals surface area contributed by atoms with E-state index in [1.807, 2.05) is 0 Å². The molecule has 0 bridgehead atoms. The van der Waals surface area contributed by atoms with Gasteiger partial charge in [-0.05, 0) is 24.3 Å². The van der Waals surface area contributed by atoms with Crippen LogP contribution in [0, 0.1) is 0 Å². The molecule has 0 aliphatic rings. The Labute approximate surface area is 129 Å². The first kappa shape index (κ1) is 15.7. The normalized spacial score (nSPS) is 11.9. The molecule has 0 aliphatic carbocycles. The molecule has 1 N–H and O–H groups in total. The summed E-state index contributed by atoms with van der Waals surface area (Å²) >= 11 is 11.7. The third kappa shape index (κ3) is 4.12. The number of hydrogen-bond donors (Lipinski definition) is 1. The lowest BCUT2D eigenvalue weighted by Crippen LogP contribution is -2.08. The highest BCUT2D eigenvalue weighted by molar-refractivity contribution is 6.36. The van der Waals surface area contributed by atoms with E-state index in [9.17, 15) is 13.2 Å². The average molecular weight is 333 g/mol. The van der Waals surface area contributed by atoms with E-state index in [-0.39, 0.29) is 5.56 Å². The van der Waals surface area contributed by atoms with Crippen molar-refractivity contribution in [3.05, 3.63) is 63.6 Å². The maximum Gasteiger partial charge on any atom is 0.417 e. The van der Waals surface area contributed by atoms with E-state index in [4.69, 9.17) is 23.2 Å². The summed E-state index contributed by atoms with van der Waals surface area (Å²) in [7, 11) is 0. The summed E-state index contributed by atoms with van der Waals surface area (Å²) in [5.74, 6) is 0. The molecule has 0 saturated heterocycles. The van der Waals surface area contributed by atoms with Crippen molar-refractivity contribution in [2.45, 2.75) is 6.18 Å². The van der Waals surface area contributed by atoms with Gasteiger partial charge in [-0.15, -0.1) is 0 Å². The number of rotatable bonds is 3. The Morgan fingerprint density at radius 1 is 1.05 bits per heavy atom. The second-order valence-corrected chi connectivity index (χ2v) is 4.92. The Balaban J connectivity index is 2.19. The van der Waals surface area contributed by atoms with Crippen molar-refractivity contribution in [2.75, 3.05) is 5.43 Å². The molecule has 110 valence electrons. The van der Waals surface area contributed by atoms with Gasteiger partial charge in [0.15, 0.2) is 0 Å². The summed E-state index contributed by atoms with van der Waals surface area (Å²) in [6.45, 7) is 0. The number of nitrogens with zero attached hydrogens (tertiary/aromatic N) is 1. The number of alkyl halides is 3. The zero-order valence-corrected chi connectivity index (χ0v) is 12.0. The van der Waals surface area contributed by atoms with Crippen LogP contribution in [-0.4, -0.2) is 6.21 Å². The van der Waals surface area contributed by atoms with Crippen LogP contribution in [0.15, 0.2) is 47.6 Å². The first-order chi connectivity index (χ1) is 9.88. The fourth-order valence-electron chi connectivity index (χ4n) is 1.62. The highest BCUT2D eigenvalue weighted by Gasteiger charge is 2.32. The number of anilines is 1. The smallest absolute Gasteiger partial charge is 0.277 e. The lowest BCUT2D eigenvalue weighted by molar-refractivity contribution is -0.137. The van der Waals surface area contributed by atoms with Crippen molar-refractivity contribution in [3.63, 3.8) is 0 Å². The van der Waals surface area contributed by atoms with Crippen LogP contribution in [0.25, 0.3) is 0 Å². The van der Waals surface area contributed by atoms with Crippen LogP contribution in [-0.2, 0) is 6.18 Å². The Hall–Kier alpha value is -1.72. The molecular formula is C14H9Cl2F3N2. The van der Waals surface area contributed by atoms with Gasteiger partial charge in [-0.25, -0.2) is 0 Å². The summed E-state index contributed by atoms with van der Waals surface area (Å²) in [6.07, 6.45) is -3.34. The van der Waals surface area contributed by atoms with E-state index < -0.39 is 11.7 Å². The third-order valence-electron chi connectivity index (χ3n) is 2.59. The summed E-state index contributed by atoms with van der Waals surface area (Å²) < 4.78 is 38.4. The molecule has 0 unspecified atom stereocenters. The molecule has 2 rings (SSSR count). The number of halogens is 5. The lowest BCUT2D eigenvalue weighted by Gasteiger charge is -2.09. The van der Waals surface area contributed by atoms with Gasteiger partial charge in [0.05, 0.1) is 22.5 Å². The van der Waals surface area contributed by atoms with Crippen LogP contribution in [0.2, 0.25) is 10.0 Å². The van der Waals surface area contributed by atoms with E-state index in [0.717, 1.165) is 12.3 Å². The predicted molar refractivity (Wildman–Crippen MR) is 79.1 cm³/mol. The minimum atomic E-state index is -4.43. The molecule has 0 heterocycles. The van der Waals surface area contributed by atoms with Crippen molar-refractivity contribution >= 4 is 35.1 Å². The van der Waals surface area contributed by atoms with Gasteiger partial charge >= 0.3 is 6.18 Å². The second-order valence-electron chi connectivity index (χ2n) is 4.08. The summed E-state index contributed by atoms with van der Waals surface area (Å²) in [5.41, 5.74) is 2.23. The summed E-state index contributed by atoms with van der Waals surface area (Å²) in [6, 6.07) is 9.83. The van der Waals surface area contributed by atoms with Crippen LogP contribution in [0.1, 0.15) is 11.1 Å². The molecule has 0 saturated carbocycles. The molecule has 2 aromatic rings. The Morgan fingerprint density at radius 3 is 2.43 bits per heavy atom. The van der Waals surface area contributed by atoms with Crippen LogP contribution >= 0.6 is 23.2 Å². The summed E-state index contributed by atoms with van der Waals surface area (Å²) in [5, 5.41) is 4.55. The predicted octanol–water partition coefficient (Wildman–Crippen LogP) is 5.46. The maximum atomic E-state index is 12.8. The van der Waals surface area contributed by atoms with Crippen LogP contribution in [0.4, 0.5) is 18.9 Å². The van der Waals surface area contributed by atoms with E-state index in [0.29, 0.717) is 15.7 Å². The van der Waals surface area contributed by atoms with Crippen LogP contribution in [0.3, 0.4) is 0 Å². The molecule has 0 amide bonds. The highest BCUT2D eigenvalue weighted by atomic mass is 35.5. The fourth-order valence-corrected chi connectivity index (χ4v) is 2.07. The van der Waals surface area contributed by atoms with Gasteiger partial charge in [-0.3, -0.25) is 5.43 Å². The molecule has 2 aromatic carbocycles. The van der Waals surface area contributed by atoms with Crippen molar-refractivity contribution in [2.24, 2.45) is 5.10 Å². The van der Waals surface area contributed by atoms with Crippen molar-refractivity contribution in [3.8, 4) is 0 Å². The van der Waals surface area contributed by atoms with E-state index in [1.165, 1.54) is 24.3 Å². The van der Waals surface area contributed by atoms with Crippen LogP contribution < -0.4 is 5.43 Å². The largest absolute Gasteiger partial charge is 0.417 e. The summed E-state index contributed by atoms with van der Waals surface area (Å²) in [4.78, 5) is 0. The van der Waals surface area contributed by atoms with Crippen molar-refractivity contribution in [1.82, 2.24) is 0 Å². The second kappa shape index (κ2) is 6.37. The zero-order valence-electron chi connectivity index (χ0n) is 10.5. The lowest BCUT2D eigenvalue weighted by atomic mass is 10.1. The molecule has 0 radical (unpaired) electrons. The van der Waals surface area contributed by atoms with Gasteiger partial charge in [0, 0.05) is 10.6 Å². The molecule has 0 fully saturated rings. The van der Waals surface area contributed by atoms with Gasteiger partial charge in [0.25, 0.3) is 0 Å². The minimum absolute atomic E-state index is 0.0393. The average Bonchev–Trinajstić information content (AvgIpc) is 2.41. The zero-order chi connectivity index (χ0) is 15.5. The quantitative estimate of drug-likeness (QED) is 0.585. The van der Waals surface area contributed by atoms with Crippen molar-refractivity contribution < 1.29 is 13.2 Å². The Morgan fingerprint density at radius 2 is 1.76 bits per heavy atom. The molecule has 2 nitrogen and oxygen atoms in total. The van der Waals surface area contributed by atoms with Crippen LogP contribution in [0.5, 0.6) is 0 Å². The van der Waals surface area contributed by atoms with Gasteiger partial charge in [0.2, 0.25) is 0 Å². The van der Waals surface area contributed by atoms with E-state index in [1.54, 1.807) is 12.1 Å². The topological polar surface area (TPSA) is 24.4 Å². The molecule has 7 heteroatoms. The SMILES string of the molecule is FC(F)(F)c1ccccc1/C=N\Nc1ccc(Cl)cc1Cl. The van der Waals surface area contributed by atoms with Gasteiger partial charge < -0.3 is 0 Å². The molecule has 0 aliphatic heterocycles. The minimum Gasteiger partial charge on any atom is -0.277 e. The van der Waals surface area contributed by atoms with E-state index in [2.05, 4.69) is 10.5 Å². The molecule has 21 heavy (non-hydrogen) atoms. The number of benzene rings is 2. The molecule has 0 spiro atoms. The Kier molecular flexibility index (Phi) is 4.75. The Bertz CT molecular complexity index is 670. The highest BCUT2D eigenvalue weighted by Crippen LogP contribution is 2.31. The number of nitrogens with one attached hydrogen (secondary N) is 1. The molecule has 0 atom stereocenters. The number of hydrazone groups is 1. The van der Waals surface area contributed by atoms with Gasteiger partial charge in [0.1, 0.15) is 0 Å². The third-order valence-corrected chi connectivity index (χ3v) is 3.13. The first-order valence-electron chi connectivity index (χ1n) is 5.78. The monoisotopic (exact) mass is 332 g/mol. The van der Waals surface area contributed by atoms with Crippen molar-refractivity contribution in [1.29, 1.82) is 0 Å². The van der Waals surface area contributed by atoms with E-state index >= 15 is 0 Å². The molecular weight excluding hydrogens is 324 g/mol. The standard InChI is InChI=1S/C14H9Cl2F3N2/c15-10-5-6-13(12(16)7-10)21-20-8-9-3-1-2-4-11(9)14(17,18)19/h1-8,21H/b20-8-. The first-order valence-corrected chi connectivity index (χ1v) is 6.54.